The number of alkyl halides is 3. The number of alkyl carbamates (subject to hydrolysis) is 1. The zero-order valence-corrected chi connectivity index (χ0v) is 18.6. The number of ether oxygens (including phenoxy) is 2. The number of benzene rings is 1. The van der Waals surface area contributed by atoms with Gasteiger partial charge in [-0.2, -0.15) is 13.2 Å². The van der Waals surface area contributed by atoms with Gasteiger partial charge in [0.25, 0.3) is 0 Å². The molecule has 1 aromatic carbocycles. The average molecular weight is 495 g/mol. The second-order valence-electron chi connectivity index (χ2n) is 7.92. The van der Waals surface area contributed by atoms with Crippen LogP contribution in [0.15, 0.2) is 29.2 Å². The number of amides is 1. The number of nitrogens with zero attached hydrogens (tertiary/aromatic N) is 1. The summed E-state index contributed by atoms with van der Waals surface area (Å²) in [5, 5.41) is 2.43. The third-order valence-corrected chi connectivity index (χ3v) is 5.64. The Morgan fingerprint density at radius 1 is 1.11 bits per heavy atom. The number of carbonyl (C=O) groups is 1. The largest absolute Gasteiger partial charge is 0.439 e. The second kappa shape index (κ2) is 8.67. The van der Waals surface area contributed by atoms with Gasteiger partial charge in [-0.1, -0.05) is 0 Å². The van der Waals surface area contributed by atoms with E-state index in [0.717, 1.165) is 18.2 Å². The lowest BCUT2D eigenvalue weighted by Crippen LogP contribution is -2.20. The Balaban J connectivity index is 1.89. The number of aryl methyl sites for hydroxylation is 1. The molecule has 1 aliphatic rings. The van der Waals surface area contributed by atoms with E-state index in [4.69, 9.17) is 9.47 Å². The van der Waals surface area contributed by atoms with Gasteiger partial charge >= 0.3 is 12.3 Å². The van der Waals surface area contributed by atoms with Crippen molar-refractivity contribution in [2.45, 2.75) is 33.1 Å². The number of nitrogens with one attached hydrogen (secondary N) is 2. The standard InChI is InChI=1S/C23H18F5N3O4/c1-9-12(23(26,27)28)7-29-21(34-16-5-4-13(24)20(25)10(16)2)18(9)14-6-15(32)19(11(3)31-14)17-8-30-22(33)35-17/h4-7,17H,8H2,1-3H3,(H,30,33)(H,31,32)/t17-/m0/s1. The number of aromatic amines is 1. The Kier molecular flexibility index (Phi) is 5.99. The van der Waals surface area contributed by atoms with E-state index in [9.17, 15) is 31.5 Å². The number of halogens is 5. The average Bonchev–Trinajstić information content (AvgIpc) is 3.18. The van der Waals surface area contributed by atoms with Crippen molar-refractivity contribution >= 4 is 6.09 Å². The summed E-state index contributed by atoms with van der Waals surface area (Å²) >= 11 is 0. The molecule has 1 saturated heterocycles. The van der Waals surface area contributed by atoms with Gasteiger partial charge in [0.15, 0.2) is 23.2 Å². The predicted molar refractivity (Wildman–Crippen MR) is 113 cm³/mol. The zero-order chi connectivity index (χ0) is 25.7. The maximum absolute atomic E-state index is 14.0. The molecule has 0 spiro atoms. The number of hydrogen-bond donors (Lipinski definition) is 2. The number of cyclic esters (lactones) is 1. The second-order valence-corrected chi connectivity index (χ2v) is 7.92. The molecular formula is C23H18F5N3O4. The molecule has 1 atom stereocenters. The van der Waals surface area contributed by atoms with Crippen molar-refractivity contribution < 1.29 is 36.2 Å². The van der Waals surface area contributed by atoms with Gasteiger partial charge in [0, 0.05) is 23.5 Å². The number of carbonyl (C=O) groups excluding carboxylic acids is 1. The minimum Gasteiger partial charge on any atom is -0.439 e. The van der Waals surface area contributed by atoms with Gasteiger partial charge in [-0.25, -0.2) is 18.6 Å². The van der Waals surface area contributed by atoms with E-state index in [2.05, 4.69) is 15.3 Å². The zero-order valence-electron chi connectivity index (χ0n) is 18.6. The van der Waals surface area contributed by atoms with Crippen molar-refractivity contribution in [3.05, 3.63) is 74.2 Å². The van der Waals surface area contributed by atoms with Crippen molar-refractivity contribution in [2.75, 3.05) is 6.54 Å². The highest BCUT2D eigenvalue weighted by atomic mass is 19.4. The van der Waals surface area contributed by atoms with E-state index in [1.807, 2.05) is 0 Å². The molecule has 4 rings (SSSR count). The lowest BCUT2D eigenvalue weighted by atomic mass is 9.99. The van der Waals surface area contributed by atoms with E-state index in [-0.39, 0.29) is 51.8 Å². The fourth-order valence-corrected chi connectivity index (χ4v) is 3.89. The van der Waals surface area contributed by atoms with Gasteiger partial charge in [0.05, 0.1) is 28.9 Å². The number of aromatic nitrogens is 2. The first-order chi connectivity index (χ1) is 16.4. The summed E-state index contributed by atoms with van der Waals surface area (Å²) in [5.41, 5.74) is -2.06. The van der Waals surface area contributed by atoms with Crippen LogP contribution < -0.4 is 15.5 Å². The molecule has 3 aromatic rings. The summed E-state index contributed by atoms with van der Waals surface area (Å²) in [7, 11) is 0. The molecule has 0 bridgehead atoms. The van der Waals surface area contributed by atoms with Gasteiger partial charge in [-0.3, -0.25) is 4.79 Å². The highest BCUT2D eigenvalue weighted by Gasteiger charge is 2.36. The van der Waals surface area contributed by atoms with Crippen LogP contribution in [-0.4, -0.2) is 22.6 Å². The third-order valence-electron chi connectivity index (χ3n) is 5.64. The SMILES string of the molecule is Cc1[nH]c(-c2c(Oc3ccc(F)c(F)c3C)ncc(C(F)(F)F)c2C)cc(=O)c1[C@@H]1CNC(=O)O1. The van der Waals surface area contributed by atoms with Crippen LogP contribution in [0.2, 0.25) is 0 Å². The van der Waals surface area contributed by atoms with E-state index >= 15 is 0 Å². The summed E-state index contributed by atoms with van der Waals surface area (Å²) in [4.78, 5) is 30.9. The lowest BCUT2D eigenvalue weighted by Gasteiger charge is -2.19. The normalized spacial score (nSPS) is 15.7. The quantitative estimate of drug-likeness (QED) is 0.484. The highest BCUT2D eigenvalue weighted by molar-refractivity contribution is 5.72. The Hall–Kier alpha value is -3.96. The van der Waals surface area contributed by atoms with E-state index in [1.54, 1.807) is 0 Å². The molecule has 0 aliphatic carbocycles. The van der Waals surface area contributed by atoms with Crippen molar-refractivity contribution in [1.82, 2.24) is 15.3 Å². The fraction of sp³-hybridized carbons (Fsp3) is 0.261. The maximum atomic E-state index is 14.0. The smallest absolute Gasteiger partial charge is 0.418 e. The first-order valence-corrected chi connectivity index (χ1v) is 10.3. The molecule has 35 heavy (non-hydrogen) atoms. The molecule has 2 N–H and O–H groups in total. The molecule has 0 radical (unpaired) electrons. The number of H-pyrrole nitrogens is 1. The number of hydrogen-bond acceptors (Lipinski definition) is 5. The van der Waals surface area contributed by atoms with Crippen LogP contribution in [0.25, 0.3) is 11.3 Å². The van der Waals surface area contributed by atoms with E-state index in [1.165, 1.54) is 20.8 Å². The Labute approximate surface area is 194 Å². The highest BCUT2D eigenvalue weighted by Crippen LogP contribution is 2.41. The third kappa shape index (κ3) is 4.43. The van der Waals surface area contributed by atoms with Crippen molar-refractivity contribution in [3.8, 4) is 22.9 Å². The van der Waals surface area contributed by atoms with Crippen molar-refractivity contribution in [1.29, 1.82) is 0 Å². The molecule has 12 heteroatoms. The molecule has 2 aromatic heterocycles. The summed E-state index contributed by atoms with van der Waals surface area (Å²) in [6, 6.07) is 2.97. The van der Waals surface area contributed by atoms with Crippen molar-refractivity contribution in [2.24, 2.45) is 0 Å². The molecule has 0 saturated carbocycles. The monoisotopic (exact) mass is 495 g/mol. The summed E-state index contributed by atoms with van der Waals surface area (Å²) in [5.74, 6) is -2.83. The van der Waals surface area contributed by atoms with Gasteiger partial charge in [0.2, 0.25) is 5.88 Å². The van der Waals surface area contributed by atoms with Crippen LogP contribution in [-0.2, 0) is 10.9 Å². The Morgan fingerprint density at radius 3 is 2.43 bits per heavy atom. The minimum absolute atomic E-state index is 0.0516. The van der Waals surface area contributed by atoms with Gasteiger partial charge in [0.1, 0.15) is 5.75 Å². The topological polar surface area (TPSA) is 93.3 Å². The molecule has 1 aliphatic heterocycles. The van der Waals surface area contributed by atoms with Crippen LogP contribution >= 0.6 is 0 Å². The van der Waals surface area contributed by atoms with Crippen LogP contribution in [0.4, 0.5) is 26.7 Å². The van der Waals surface area contributed by atoms with Crippen LogP contribution in [0.5, 0.6) is 11.6 Å². The first-order valence-electron chi connectivity index (χ1n) is 10.3. The van der Waals surface area contributed by atoms with Crippen LogP contribution in [0.3, 0.4) is 0 Å². The van der Waals surface area contributed by atoms with Crippen LogP contribution in [0, 0.1) is 32.4 Å². The fourth-order valence-electron chi connectivity index (χ4n) is 3.89. The molecule has 7 nitrogen and oxygen atoms in total. The first kappa shape index (κ1) is 24.2. The van der Waals surface area contributed by atoms with E-state index < -0.39 is 41.0 Å². The number of rotatable bonds is 4. The molecule has 1 amide bonds. The maximum Gasteiger partial charge on any atom is 0.418 e. The molecule has 1 fully saturated rings. The molecular weight excluding hydrogens is 477 g/mol. The van der Waals surface area contributed by atoms with Crippen molar-refractivity contribution in [3.63, 3.8) is 0 Å². The predicted octanol–water partition coefficient (Wildman–Crippen LogP) is 5.23. The summed E-state index contributed by atoms with van der Waals surface area (Å²) in [6.07, 6.45) is -5.77. The van der Waals surface area contributed by atoms with Gasteiger partial charge < -0.3 is 19.8 Å². The molecule has 3 heterocycles. The number of pyridine rings is 2. The van der Waals surface area contributed by atoms with Crippen LogP contribution in [0.1, 0.15) is 34.1 Å². The minimum atomic E-state index is -4.76. The Morgan fingerprint density at radius 2 is 1.83 bits per heavy atom. The van der Waals surface area contributed by atoms with Gasteiger partial charge in [-0.15, -0.1) is 0 Å². The van der Waals surface area contributed by atoms with E-state index in [0.29, 0.717) is 6.20 Å². The van der Waals surface area contributed by atoms with Gasteiger partial charge in [-0.05, 0) is 38.5 Å². The summed E-state index contributed by atoms with van der Waals surface area (Å²) in [6.45, 7) is 3.97. The Bertz CT molecular complexity index is 1400. The molecule has 184 valence electrons. The summed E-state index contributed by atoms with van der Waals surface area (Å²) < 4.78 is 79.1. The molecule has 0 unspecified atom stereocenters. The lowest BCUT2D eigenvalue weighted by molar-refractivity contribution is -0.138.